The Morgan fingerprint density at radius 2 is 1.38 bits per heavy atom. The van der Waals surface area contributed by atoms with Crippen LogP contribution in [0.15, 0.2) is 0 Å². The first-order valence-electron chi connectivity index (χ1n) is 10.2. The molecule has 1 nitrogen and oxygen atoms in total. The SMILES string of the molecule is CCCCCCCCCCCCC1CCC2CCCC2N1. The van der Waals surface area contributed by atoms with Gasteiger partial charge >= 0.3 is 0 Å². The topological polar surface area (TPSA) is 12.0 Å². The van der Waals surface area contributed by atoms with E-state index in [9.17, 15) is 0 Å². The molecule has 1 N–H and O–H groups in total. The Labute approximate surface area is 133 Å². The van der Waals surface area contributed by atoms with Crippen molar-refractivity contribution < 1.29 is 0 Å². The van der Waals surface area contributed by atoms with Crippen molar-refractivity contribution in [3.63, 3.8) is 0 Å². The molecule has 1 heteroatoms. The summed E-state index contributed by atoms with van der Waals surface area (Å²) in [6, 6.07) is 1.75. The van der Waals surface area contributed by atoms with E-state index in [4.69, 9.17) is 0 Å². The second-order valence-corrected chi connectivity index (χ2v) is 7.71. The highest BCUT2D eigenvalue weighted by molar-refractivity contribution is 4.90. The average molecular weight is 294 g/mol. The van der Waals surface area contributed by atoms with Gasteiger partial charge in [0.25, 0.3) is 0 Å². The molecule has 2 aliphatic rings. The van der Waals surface area contributed by atoms with Crippen molar-refractivity contribution >= 4 is 0 Å². The fourth-order valence-electron chi connectivity index (χ4n) is 4.51. The summed E-state index contributed by atoms with van der Waals surface area (Å²) in [5, 5.41) is 3.95. The molecule has 0 aromatic carbocycles. The number of unbranched alkanes of at least 4 members (excludes halogenated alkanes) is 9. The van der Waals surface area contributed by atoms with Crippen LogP contribution in [0.5, 0.6) is 0 Å². The van der Waals surface area contributed by atoms with E-state index in [2.05, 4.69) is 12.2 Å². The number of fused-ring (bicyclic) bond motifs is 1. The van der Waals surface area contributed by atoms with Crippen LogP contribution in [0, 0.1) is 5.92 Å². The lowest BCUT2D eigenvalue weighted by atomic mass is 9.88. The predicted octanol–water partition coefficient (Wildman–Crippen LogP) is 6.22. The van der Waals surface area contributed by atoms with Gasteiger partial charge in [-0.1, -0.05) is 77.6 Å². The van der Waals surface area contributed by atoms with Gasteiger partial charge in [-0.05, 0) is 38.0 Å². The summed E-state index contributed by atoms with van der Waals surface area (Å²) >= 11 is 0. The van der Waals surface area contributed by atoms with Crippen LogP contribution in [-0.4, -0.2) is 12.1 Å². The van der Waals surface area contributed by atoms with Crippen LogP contribution >= 0.6 is 0 Å². The van der Waals surface area contributed by atoms with Crippen LogP contribution in [0.2, 0.25) is 0 Å². The molecule has 0 spiro atoms. The summed E-state index contributed by atoms with van der Waals surface area (Å²) in [4.78, 5) is 0. The Bertz CT molecular complexity index is 250. The van der Waals surface area contributed by atoms with Crippen LogP contribution in [0.25, 0.3) is 0 Å². The third-order valence-electron chi connectivity index (χ3n) is 5.90. The van der Waals surface area contributed by atoms with Crippen LogP contribution in [-0.2, 0) is 0 Å². The number of rotatable bonds is 11. The second kappa shape index (κ2) is 10.6. The molecule has 1 saturated heterocycles. The smallest absolute Gasteiger partial charge is 0.00979 e. The highest BCUT2D eigenvalue weighted by Gasteiger charge is 2.32. The van der Waals surface area contributed by atoms with Gasteiger partial charge in [-0.3, -0.25) is 0 Å². The zero-order valence-corrected chi connectivity index (χ0v) is 14.5. The highest BCUT2D eigenvalue weighted by Crippen LogP contribution is 2.34. The van der Waals surface area contributed by atoms with Gasteiger partial charge in [0, 0.05) is 12.1 Å². The largest absolute Gasteiger partial charge is 0.311 e. The molecule has 0 bridgehead atoms. The van der Waals surface area contributed by atoms with E-state index < -0.39 is 0 Å². The summed E-state index contributed by atoms with van der Waals surface area (Å²) in [5.74, 6) is 1.04. The van der Waals surface area contributed by atoms with Crippen molar-refractivity contribution in [1.29, 1.82) is 0 Å². The third-order valence-corrected chi connectivity index (χ3v) is 5.90. The number of nitrogens with one attached hydrogen (secondary N) is 1. The van der Waals surface area contributed by atoms with Crippen LogP contribution in [0.4, 0.5) is 0 Å². The molecule has 0 aromatic rings. The van der Waals surface area contributed by atoms with E-state index in [1.165, 1.54) is 103 Å². The van der Waals surface area contributed by atoms with Gasteiger partial charge in [0.15, 0.2) is 0 Å². The molecule has 0 amide bonds. The lowest BCUT2D eigenvalue weighted by Gasteiger charge is -2.33. The van der Waals surface area contributed by atoms with E-state index >= 15 is 0 Å². The number of hydrogen-bond acceptors (Lipinski definition) is 1. The van der Waals surface area contributed by atoms with Gasteiger partial charge in [-0.25, -0.2) is 0 Å². The van der Waals surface area contributed by atoms with Gasteiger partial charge in [0.2, 0.25) is 0 Å². The lowest BCUT2D eigenvalue weighted by Crippen LogP contribution is -2.45. The van der Waals surface area contributed by atoms with Crippen molar-refractivity contribution in [2.24, 2.45) is 5.92 Å². The molecule has 1 aliphatic heterocycles. The van der Waals surface area contributed by atoms with Crippen LogP contribution in [0.3, 0.4) is 0 Å². The Morgan fingerprint density at radius 3 is 2.10 bits per heavy atom. The van der Waals surface area contributed by atoms with E-state index in [-0.39, 0.29) is 0 Å². The Hall–Kier alpha value is -0.0400. The van der Waals surface area contributed by atoms with Gasteiger partial charge in [0.05, 0.1) is 0 Å². The summed E-state index contributed by atoms with van der Waals surface area (Å²) in [6.45, 7) is 2.30. The molecule has 2 rings (SSSR count). The normalized spacial score (nSPS) is 28.7. The molecule has 3 atom stereocenters. The Balaban J connectivity index is 1.37. The predicted molar refractivity (Wildman–Crippen MR) is 93.7 cm³/mol. The van der Waals surface area contributed by atoms with Crippen molar-refractivity contribution in [3.05, 3.63) is 0 Å². The zero-order chi connectivity index (χ0) is 14.8. The molecule has 1 heterocycles. The summed E-state index contributed by atoms with van der Waals surface area (Å²) < 4.78 is 0. The van der Waals surface area contributed by atoms with Crippen LogP contribution in [0.1, 0.15) is 110 Å². The molecular weight excluding hydrogens is 254 g/mol. The maximum atomic E-state index is 3.95. The summed E-state index contributed by atoms with van der Waals surface area (Å²) in [5.41, 5.74) is 0. The first-order chi connectivity index (χ1) is 10.4. The quantitative estimate of drug-likeness (QED) is 0.446. The summed E-state index contributed by atoms with van der Waals surface area (Å²) in [6.07, 6.45) is 23.5. The van der Waals surface area contributed by atoms with E-state index in [0.717, 1.165) is 18.0 Å². The molecule has 0 radical (unpaired) electrons. The lowest BCUT2D eigenvalue weighted by molar-refractivity contribution is 0.246. The fraction of sp³-hybridized carbons (Fsp3) is 1.00. The van der Waals surface area contributed by atoms with Crippen molar-refractivity contribution in [2.75, 3.05) is 0 Å². The van der Waals surface area contributed by atoms with E-state index in [1.54, 1.807) is 0 Å². The minimum Gasteiger partial charge on any atom is -0.311 e. The fourth-order valence-corrected chi connectivity index (χ4v) is 4.51. The number of piperidine rings is 1. The summed E-state index contributed by atoms with van der Waals surface area (Å²) in [7, 11) is 0. The zero-order valence-electron chi connectivity index (χ0n) is 14.5. The molecule has 1 saturated carbocycles. The molecule has 3 unspecified atom stereocenters. The monoisotopic (exact) mass is 293 g/mol. The average Bonchev–Trinajstić information content (AvgIpc) is 2.97. The van der Waals surface area contributed by atoms with Gasteiger partial charge < -0.3 is 5.32 Å². The van der Waals surface area contributed by atoms with E-state index in [1.807, 2.05) is 0 Å². The van der Waals surface area contributed by atoms with E-state index in [0.29, 0.717) is 0 Å². The van der Waals surface area contributed by atoms with Gasteiger partial charge in [-0.2, -0.15) is 0 Å². The molecule has 1 aliphatic carbocycles. The van der Waals surface area contributed by atoms with Crippen LogP contribution < -0.4 is 5.32 Å². The highest BCUT2D eigenvalue weighted by atomic mass is 15.0. The van der Waals surface area contributed by atoms with Crippen molar-refractivity contribution in [2.45, 2.75) is 122 Å². The second-order valence-electron chi connectivity index (χ2n) is 7.71. The first kappa shape index (κ1) is 17.3. The van der Waals surface area contributed by atoms with Gasteiger partial charge in [0.1, 0.15) is 0 Å². The molecule has 21 heavy (non-hydrogen) atoms. The maximum Gasteiger partial charge on any atom is 0.00979 e. The minimum atomic E-state index is 0.860. The van der Waals surface area contributed by atoms with Crippen molar-refractivity contribution in [3.8, 4) is 0 Å². The molecule has 0 aromatic heterocycles. The standard InChI is InChI=1S/C20H39N/c1-2-3-4-5-6-7-8-9-10-11-14-19-17-16-18-13-12-15-20(18)21-19/h18-21H,2-17H2,1H3. The number of hydrogen-bond donors (Lipinski definition) is 1. The third kappa shape index (κ3) is 6.72. The first-order valence-corrected chi connectivity index (χ1v) is 10.2. The maximum absolute atomic E-state index is 3.95. The molecule has 124 valence electrons. The minimum absolute atomic E-state index is 0.860. The Kier molecular flexibility index (Phi) is 8.78. The van der Waals surface area contributed by atoms with Gasteiger partial charge in [-0.15, -0.1) is 0 Å². The Morgan fingerprint density at radius 1 is 0.714 bits per heavy atom. The molecule has 2 fully saturated rings. The van der Waals surface area contributed by atoms with Crippen molar-refractivity contribution in [1.82, 2.24) is 5.32 Å². The molecular formula is C20H39N.